The lowest BCUT2D eigenvalue weighted by Gasteiger charge is -2.20. The van der Waals surface area contributed by atoms with Gasteiger partial charge in [-0.15, -0.1) is 10.2 Å². The first kappa shape index (κ1) is 19.4. The molecule has 1 aromatic heterocycles. The maximum absolute atomic E-state index is 12.7. The van der Waals surface area contributed by atoms with Crippen LogP contribution in [0.4, 0.5) is 16.5 Å². The van der Waals surface area contributed by atoms with Crippen molar-refractivity contribution in [1.82, 2.24) is 10.2 Å². The minimum absolute atomic E-state index is 0.0325. The number of rotatable bonds is 6. The van der Waals surface area contributed by atoms with E-state index in [0.717, 1.165) is 20.8 Å². The van der Waals surface area contributed by atoms with Crippen LogP contribution in [0, 0.1) is 13.8 Å². The molecular weight excluding hydrogens is 376 g/mol. The highest BCUT2D eigenvalue weighted by atomic mass is 32.2. The number of carbonyl (C=O) groups excluding carboxylic acids is 1. The zero-order valence-corrected chi connectivity index (χ0v) is 17.4. The van der Waals surface area contributed by atoms with E-state index in [9.17, 15) is 4.79 Å². The largest absolute Gasteiger partial charge is 0.330 e. The van der Waals surface area contributed by atoms with E-state index in [4.69, 9.17) is 0 Å². The first-order chi connectivity index (χ1) is 12.9. The van der Waals surface area contributed by atoms with Gasteiger partial charge in [0.2, 0.25) is 11.0 Å². The lowest BCUT2D eigenvalue weighted by molar-refractivity contribution is -0.117. The van der Waals surface area contributed by atoms with Crippen LogP contribution in [0.1, 0.15) is 18.1 Å². The highest BCUT2D eigenvalue weighted by Gasteiger charge is 2.21. The topological polar surface area (TPSA) is 58.1 Å². The molecule has 0 aliphatic carbocycles. The molecule has 0 aliphatic heterocycles. The van der Waals surface area contributed by atoms with Crippen molar-refractivity contribution in [2.75, 3.05) is 17.3 Å². The van der Waals surface area contributed by atoms with Gasteiger partial charge in [-0.05, 0) is 56.2 Å². The summed E-state index contributed by atoms with van der Waals surface area (Å²) in [4.78, 5) is 14.3. The second-order valence-electron chi connectivity index (χ2n) is 6.29. The average molecular weight is 399 g/mol. The third kappa shape index (κ3) is 4.87. The summed E-state index contributed by atoms with van der Waals surface area (Å²) in [6.07, 6.45) is 0. The Labute approximate surface area is 167 Å². The van der Waals surface area contributed by atoms with E-state index in [1.807, 2.05) is 43.3 Å². The summed E-state index contributed by atoms with van der Waals surface area (Å²) in [5.41, 5.74) is 4.34. The van der Waals surface area contributed by atoms with Crippen LogP contribution < -0.4 is 10.2 Å². The molecule has 0 saturated heterocycles. The molecule has 1 N–H and O–H groups in total. The highest BCUT2D eigenvalue weighted by Crippen LogP contribution is 2.31. The Morgan fingerprint density at radius 3 is 2.56 bits per heavy atom. The fraction of sp³-hybridized carbons (Fsp3) is 0.250. The lowest BCUT2D eigenvalue weighted by Crippen LogP contribution is -2.33. The monoisotopic (exact) mass is 398 g/mol. The van der Waals surface area contributed by atoms with E-state index in [-0.39, 0.29) is 11.2 Å². The van der Waals surface area contributed by atoms with Gasteiger partial charge in [-0.25, -0.2) is 0 Å². The first-order valence-corrected chi connectivity index (χ1v) is 10.3. The highest BCUT2D eigenvalue weighted by molar-refractivity contribution is 8.02. The smallest absolute Gasteiger partial charge is 0.240 e. The molecule has 1 amide bonds. The number of hydrogen-bond donors (Lipinski definition) is 1. The predicted octanol–water partition coefficient (Wildman–Crippen LogP) is 5.04. The van der Waals surface area contributed by atoms with Crippen LogP contribution in [0.5, 0.6) is 0 Å². The van der Waals surface area contributed by atoms with Crippen molar-refractivity contribution in [2.24, 2.45) is 0 Å². The first-order valence-electron chi connectivity index (χ1n) is 8.61. The van der Waals surface area contributed by atoms with Crippen LogP contribution in [0.15, 0.2) is 52.9 Å². The summed E-state index contributed by atoms with van der Waals surface area (Å²) in [5.74, 6) is 0.0325. The van der Waals surface area contributed by atoms with E-state index in [2.05, 4.69) is 41.5 Å². The number of anilines is 3. The van der Waals surface area contributed by atoms with Crippen LogP contribution >= 0.6 is 23.1 Å². The molecule has 2 aromatic carbocycles. The van der Waals surface area contributed by atoms with Crippen LogP contribution in [-0.2, 0) is 4.79 Å². The van der Waals surface area contributed by atoms with Crippen LogP contribution in [0.25, 0.3) is 0 Å². The molecule has 140 valence electrons. The molecule has 27 heavy (non-hydrogen) atoms. The van der Waals surface area contributed by atoms with Gasteiger partial charge in [-0.3, -0.25) is 4.79 Å². The van der Waals surface area contributed by atoms with Gasteiger partial charge in [0.15, 0.2) is 4.34 Å². The Morgan fingerprint density at radius 2 is 1.85 bits per heavy atom. The number of thioether (sulfide) groups is 1. The van der Waals surface area contributed by atoms with E-state index in [0.29, 0.717) is 0 Å². The molecule has 0 aliphatic rings. The van der Waals surface area contributed by atoms with Crippen LogP contribution in [0.2, 0.25) is 0 Å². The Kier molecular flexibility index (Phi) is 6.13. The zero-order chi connectivity index (χ0) is 19.4. The van der Waals surface area contributed by atoms with Crippen molar-refractivity contribution >= 4 is 45.5 Å². The fourth-order valence-corrected chi connectivity index (χ4v) is 4.51. The third-order valence-corrected chi connectivity index (χ3v) is 6.27. The van der Waals surface area contributed by atoms with Crippen molar-refractivity contribution < 1.29 is 4.79 Å². The Morgan fingerprint density at radius 1 is 1.11 bits per heavy atom. The molecule has 0 radical (unpaired) electrons. The van der Waals surface area contributed by atoms with Crippen molar-refractivity contribution in [3.05, 3.63) is 59.7 Å². The Balaban J connectivity index is 1.62. The fourth-order valence-electron chi connectivity index (χ4n) is 2.50. The quantitative estimate of drug-likeness (QED) is 0.589. The number of aromatic nitrogens is 2. The van der Waals surface area contributed by atoms with Crippen molar-refractivity contribution in [3.63, 3.8) is 0 Å². The molecule has 1 heterocycles. The van der Waals surface area contributed by atoms with Crippen molar-refractivity contribution in [3.8, 4) is 0 Å². The van der Waals surface area contributed by atoms with Crippen LogP contribution in [-0.4, -0.2) is 28.4 Å². The molecule has 1 atom stereocenters. The number of amides is 1. The number of benzene rings is 2. The Bertz CT molecular complexity index is 927. The molecule has 0 saturated carbocycles. The van der Waals surface area contributed by atoms with Gasteiger partial charge < -0.3 is 10.2 Å². The van der Waals surface area contributed by atoms with E-state index in [1.165, 1.54) is 34.2 Å². The van der Waals surface area contributed by atoms with Gasteiger partial charge in [-0.2, -0.15) is 0 Å². The standard InChI is InChI=1S/C20H22N4OS2/c1-13-10-11-16(12-14(13)2)21-19-22-23-20(27-19)26-15(3)18(25)24(4)17-8-6-5-7-9-17/h5-12,15H,1-4H3,(H,21,22)/t15-/m1/s1. The lowest BCUT2D eigenvalue weighted by atomic mass is 10.1. The number of para-hydroxylation sites is 1. The van der Waals surface area contributed by atoms with Gasteiger partial charge in [0.25, 0.3) is 0 Å². The minimum Gasteiger partial charge on any atom is -0.330 e. The van der Waals surface area contributed by atoms with E-state index >= 15 is 0 Å². The summed E-state index contributed by atoms with van der Waals surface area (Å²) < 4.78 is 0.767. The summed E-state index contributed by atoms with van der Waals surface area (Å²) in [6, 6.07) is 15.8. The summed E-state index contributed by atoms with van der Waals surface area (Å²) in [6.45, 7) is 6.06. The normalized spacial score (nSPS) is 11.9. The van der Waals surface area contributed by atoms with Crippen molar-refractivity contribution in [2.45, 2.75) is 30.4 Å². The maximum Gasteiger partial charge on any atom is 0.240 e. The van der Waals surface area contributed by atoms with Gasteiger partial charge in [-0.1, -0.05) is 47.4 Å². The van der Waals surface area contributed by atoms with Crippen LogP contribution in [0.3, 0.4) is 0 Å². The molecule has 0 unspecified atom stereocenters. The molecule has 0 fully saturated rings. The summed E-state index contributed by atoms with van der Waals surface area (Å²) in [7, 11) is 1.79. The van der Waals surface area contributed by atoms with Gasteiger partial charge in [0.05, 0.1) is 5.25 Å². The van der Waals surface area contributed by atoms with Gasteiger partial charge in [0.1, 0.15) is 0 Å². The Hall–Kier alpha value is -2.38. The summed E-state index contributed by atoms with van der Waals surface area (Å²) >= 11 is 2.88. The second kappa shape index (κ2) is 8.54. The SMILES string of the molecule is Cc1ccc(Nc2nnc(S[C@H](C)C(=O)N(C)c3ccccc3)s2)cc1C. The maximum atomic E-state index is 12.7. The third-order valence-electron chi connectivity index (χ3n) is 4.26. The van der Waals surface area contributed by atoms with Crippen molar-refractivity contribution in [1.29, 1.82) is 0 Å². The number of aryl methyl sites for hydroxylation is 2. The average Bonchev–Trinajstić information content (AvgIpc) is 3.11. The molecule has 5 nitrogen and oxygen atoms in total. The summed E-state index contributed by atoms with van der Waals surface area (Å²) in [5, 5.41) is 12.1. The number of hydrogen-bond acceptors (Lipinski definition) is 6. The zero-order valence-electron chi connectivity index (χ0n) is 15.8. The van der Waals surface area contributed by atoms with Gasteiger partial charge in [0, 0.05) is 18.4 Å². The molecule has 3 rings (SSSR count). The number of nitrogens with zero attached hydrogens (tertiary/aromatic N) is 3. The molecule has 3 aromatic rings. The van der Waals surface area contributed by atoms with Gasteiger partial charge >= 0.3 is 0 Å². The molecule has 0 bridgehead atoms. The second-order valence-corrected chi connectivity index (χ2v) is 8.86. The predicted molar refractivity (Wildman–Crippen MR) is 114 cm³/mol. The van der Waals surface area contributed by atoms with E-state index in [1.54, 1.807) is 11.9 Å². The minimum atomic E-state index is -0.252. The van der Waals surface area contributed by atoms with E-state index < -0.39 is 0 Å². The molecule has 0 spiro atoms. The number of nitrogens with one attached hydrogen (secondary N) is 1. The molecular formula is C20H22N4OS2. The molecule has 7 heteroatoms. The number of carbonyl (C=O) groups is 1.